The fourth-order valence-electron chi connectivity index (χ4n) is 0.738. The fourth-order valence-corrected chi connectivity index (χ4v) is 0.972. The normalized spacial score (nSPS) is 11.6. The fraction of sp³-hybridized carbons (Fsp3) is 0.375. The zero-order valence-electron chi connectivity index (χ0n) is 6.50. The first-order chi connectivity index (χ1) is 5.00. The van der Waals surface area contributed by atoms with Crippen LogP contribution in [0.2, 0.25) is 0 Å². The van der Waals surface area contributed by atoms with Gasteiger partial charge in [0.1, 0.15) is 5.60 Å². The van der Waals surface area contributed by atoms with Crippen LogP contribution < -0.4 is 0 Å². The second kappa shape index (κ2) is 2.91. The lowest BCUT2D eigenvalue weighted by Gasteiger charge is -2.15. The highest BCUT2D eigenvalue weighted by atomic mass is 79.9. The van der Waals surface area contributed by atoms with Crippen molar-refractivity contribution < 1.29 is 5.11 Å². The van der Waals surface area contributed by atoms with E-state index in [0.29, 0.717) is 5.69 Å². The summed E-state index contributed by atoms with van der Waals surface area (Å²) in [4.78, 5) is 4.05. The lowest BCUT2D eigenvalue weighted by Crippen LogP contribution is -2.16. The van der Waals surface area contributed by atoms with Crippen LogP contribution in [0.25, 0.3) is 0 Å². The molecule has 0 saturated heterocycles. The quantitative estimate of drug-likeness (QED) is 0.733. The summed E-state index contributed by atoms with van der Waals surface area (Å²) in [7, 11) is 0. The maximum atomic E-state index is 9.50. The summed E-state index contributed by atoms with van der Waals surface area (Å²) in [6.45, 7) is 3.42. The molecule has 0 spiro atoms. The van der Waals surface area contributed by atoms with Crippen molar-refractivity contribution >= 4 is 15.9 Å². The van der Waals surface area contributed by atoms with Gasteiger partial charge in [0.25, 0.3) is 0 Å². The molecule has 0 aliphatic carbocycles. The van der Waals surface area contributed by atoms with Gasteiger partial charge in [-0.15, -0.1) is 0 Å². The van der Waals surface area contributed by atoms with Gasteiger partial charge in [-0.25, -0.2) is 0 Å². The minimum Gasteiger partial charge on any atom is -0.384 e. The Bertz CT molecular complexity index is 237. The van der Waals surface area contributed by atoms with E-state index in [1.807, 2.05) is 6.07 Å². The lowest BCUT2D eigenvalue weighted by molar-refractivity contribution is 0.0738. The maximum absolute atomic E-state index is 9.50. The Labute approximate surface area is 74.4 Å². The van der Waals surface area contributed by atoms with Gasteiger partial charge in [-0.05, 0) is 41.9 Å². The molecule has 0 radical (unpaired) electrons. The van der Waals surface area contributed by atoms with Crippen molar-refractivity contribution in [2.24, 2.45) is 0 Å². The van der Waals surface area contributed by atoms with Gasteiger partial charge in [-0.3, -0.25) is 4.98 Å². The van der Waals surface area contributed by atoms with Crippen LogP contribution in [0.4, 0.5) is 0 Å². The van der Waals surface area contributed by atoms with Crippen molar-refractivity contribution in [1.29, 1.82) is 0 Å². The Hall–Kier alpha value is -0.410. The molecule has 1 aromatic rings. The summed E-state index contributed by atoms with van der Waals surface area (Å²) in [5.41, 5.74) is -0.165. The summed E-state index contributed by atoms with van der Waals surface area (Å²) < 4.78 is 0.922. The molecule has 0 aromatic carbocycles. The second-order valence-corrected chi connectivity index (χ2v) is 3.84. The van der Waals surface area contributed by atoms with Gasteiger partial charge in [0.05, 0.1) is 5.69 Å². The summed E-state index contributed by atoms with van der Waals surface area (Å²) in [6.07, 6.45) is 1.67. The molecule has 0 atom stereocenters. The first-order valence-corrected chi connectivity index (χ1v) is 4.14. The van der Waals surface area contributed by atoms with Crippen LogP contribution >= 0.6 is 15.9 Å². The van der Waals surface area contributed by atoms with Crippen LogP contribution in [-0.4, -0.2) is 10.1 Å². The minimum absolute atomic E-state index is 0.681. The van der Waals surface area contributed by atoms with E-state index in [2.05, 4.69) is 20.9 Å². The standard InChI is InChI=1S/C8H10BrNO/c1-8(2,11)7-4-3-6(9)5-10-7/h3-5,11H,1-2H3/i1+1,2+1,8+1. The first-order valence-electron chi connectivity index (χ1n) is 3.34. The molecule has 1 aromatic heterocycles. The van der Waals surface area contributed by atoms with Gasteiger partial charge in [-0.1, -0.05) is 0 Å². The van der Waals surface area contributed by atoms with Gasteiger partial charge in [0.15, 0.2) is 0 Å². The molecule has 1 N–H and O–H groups in total. The molecule has 0 aliphatic heterocycles. The average Bonchev–Trinajstić information content (AvgIpc) is 1.86. The predicted octanol–water partition coefficient (Wildman–Crippen LogP) is 2.07. The highest BCUT2D eigenvalue weighted by molar-refractivity contribution is 9.10. The van der Waals surface area contributed by atoms with E-state index in [0.717, 1.165) is 4.47 Å². The Morgan fingerprint density at radius 1 is 1.45 bits per heavy atom. The van der Waals surface area contributed by atoms with E-state index >= 15 is 0 Å². The molecule has 0 amide bonds. The topological polar surface area (TPSA) is 33.1 Å². The molecule has 60 valence electrons. The van der Waals surface area contributed by atoms with Gasteiger partial charge >= 0.3 is 0 Å². The van der Waals surface area contributed by atoms with Gasteiger partial charge in [-0.2, -0.15) is 0 Å². The molecule has 0 aliphatic rings. The van der Waals surface area contributed by atoms with Gasteiger partial charge in [0, 0.05) is 10.7 Å². The number of aliphatic hydroxyl groups is 1. The minimum atomic E-state index is -0.847. The van der Waals surface area contributed by atoms with E-state index in [9.17, 15) is 5.11 Å². The van der Waals surface area contributed by atoms with Crippen LogP contribution in [0.5, 0.6) is 0 Å². The van der Waals surface area contributed by atoms with Crippen LogP contribution in [0.1, 0.15) is 19.5 Å². The second-order valence-electron chi connectivity index (χ2n) is 2.92. The highest BCUT2D eigenvalue weighted by Crippen LogP contribution is 2.18. The smallest absolute Gasteiger partial charge is 0.101 e. The summed E-state index contributed by atoms with van der Waals surface area (Å²) >= 11 is 3.27. The zero-order valence-corrected chi connectivity index (χ0v) is 8.09. The van der Waals surface area contributed by atoms with E-state index < -0.39 is 5.60 Å². The van der Waals surface area contributed by atoms with E-state index in [4.69, 9.17) is 0 Å². The SMILES string of the molecule is [13CH3][13C]([13CH3])(O)c1ccc(Br)cn1. The van der Waals surface area contributed by atoms with Crippen molar-refractivity contribution in [2.75, 3.05) is 0 Å². The van der Waals surface area contributed by atoms with E-state index in [1.54, 1.807) is 26.1 Å². The molecule has 1 rings (SSSR count). The predicted molar refractivity (Wildman–Crippen MR) is 47.2 cm³/mol. The summed E-state index contributed by atoms with van der Waals surface area (Å²) in [5, 5.41) is 9.50. The van der Waals surface area contributed by atoms with Crippen molar-refractivity contribution in [1.82, 2.24) is 4.98 Å². The van der Waals surface area contributed by atoms with E-state index in [-0.39, 0.29) is 0 Å². The van der Waals surface area contributed by atoms with Crippen molar-refractivity contribution in [2.45, 2.75) is 19.4 Å². The third-order valence-corrected chi connectivity index (χ3v) is 1.82. The van der Waals surface area contributed by atoms with Crippen LogP contribution in [-0.2, 0) is 5.60 Å². The number of nitrogens with zero attached hydrogens (tertiary/aromatic N) is 1. The third kappa shape index (κ3) is 2.27. The molecular formula is C8H10BrNO. The number of halogens is 1. The molecule has 11 heavy (non-hydrogen) atoms. The number of pyridine rings is 1. The van der Waals surface area contributed by atoms with Crippen LogP contribution in [0, 0.1) is 0 Å². The Morgan fingerprint density at radius 2 is 2.09 bits per heavy atom. The van der Waals surface area contributed by atoms with Gasteiger partial charge < -0.3 is 5.11 Å². The Kier molecular flexibility index (Phi) is 2.30. The Balaban J connectivity index is 2.99. The van der Waals surface area contributed by atoms with Crippen molar-refractivity contribution in [3.05, 3.63) is 28.5 Å². The monoisotopic (exact) mass is 218 g/mol. The number of hydrogen-bond donors (Lipinski definition) is 1. The summed E-state index contributed by atoms with van der Waals surface area (Å²) in [5.74, 6) is 0. The maximum Gasteiger partial charge on any atom is 0.101 e. The number of rotatable bonds is 1. The van der Waals surface area contributed by atoms with Crippen LogP contribution in [0.3, 0.4) is 0 Å². The largest absolute Gasteiger partial charge is 0.384 e. The first kappa shape index (κ1) is 8.68. The van der Waals surface area contributed by atoms with E-state index in [1.165, 1.54) is 0 Å². The molecule has 0 saturated carbocycles. The van der Waals surface area contributed by atoms with Crippen molar-refractivity contribution in [3.63, 3.8) is 0 Å². The van der Waals surface area contributed by atoms with Crippen LogP contribution in [0.15, 0.2) is 22.8 Å². The molecule has 3 heteroatoms. The Morgan fingerprint density at radius 3 is 2.45 bits per heavy atom. The molecule has 2 nitrogen and oxygen atoms in total. The molecule has 0 unspecified atom stereocenters. The number of aromatic nitrogens is 1. The molecule has 0 fully saturated rings. The third-order valence-electron chi connectivity index (χ3n) is 1.35. The molecule has 1 heterocycles. The number of hydrogen-bond acceptors (Lipinski definition) is 2. The zero-order chi connectivity index (χ0) is 8.48. The molecular weight excluding hydrogens is 209 g/mol. The lowest BCUT2D eigenvalue weighted by atomic mass is 10.4. The summed E-state index contributed by atoms with van der Waals surface area (Å²) in [6, 6.07) is 3.66. The average molecular weight is 219 g/mol. The van der Waals surface area contributed by atoms with Crippen molar-refractivity contribution in [3.8, 4) is 0 Å². The molecule has 0 bridgehead atoms. The highest BCUT2D eigenvalue weighted by Gasteiger charge is 2.16. The van der Waals surface area contributed by atoms with Gasteiger partial charge in [0.2, 0.25) is 0 Å².